The molecule has 7 heteroatoms. The lowest BCUT2D eigenvalue weighted by Gasteiger charge is -2.08. The highest BCUT2D eigenvalue weighted by atomic mass is 16.4. The Morgan fingerprint density at radius 3 is 2.75 bits per heavy atom. The second-order valence-electron chi connectivity index (χ2n) is 2.53. The summed E-state index contributed by atoms with van der Waals surface area (Å²) in [5.74, 6) is 0. The van der Waals surface area contributed by atoms with Gasteiger partial charge < -0.3 is 15.1 Å². The van der Waals surface area contributed by atoms with Crippen molar-refractivity contribution in [3.05, 3.63) is 10.4 Å². The molecule has 0 radical (unpaired) electrons. The van der Waals surface area contributed by atoms with Gasteiger partial charge in [0.25, 0.3) is 0 Å². The lowest BCUT2D eigenvalue weighted by atomic mass is 10.2. The number of carboxylic acid groups (broad SMARTS) is 1. The normalized spacial score (nSPS) is 28.2. The maximum Gasteiger partial charge on any atom is 0.407 e. The van der Waals surface area contributed by atoms with Crippen LogP contribution in [0, 0.1) is 0 Å². The van der Waals surface area contributed by atoms with Crippen LogP contribution in [0.2, 0.25) is 0 Å². The van der Waals surface area contributed by atoms with Crippen molar-refractivity contribution in [1.82, 2.24) is 4.90 Å². The third-order valence-corrected chi connectivity index (χ3v) is 1.73. The van der Waals surface area contributed by atoms with E-state index in [2.05, 4.69) is 10.0 Å². The van der Waals surface area contributed by atoms with Crippen LogP contribution < -0.4 is 0 Å². The number of carbonyl (C=O) groups is 1. The quantitative estimate of drug-likeness (QED) is 0.330. The molecule has 12 heavy (non-hydrogen) atoms. The number of hydrogen-bond donors (Lipinski definition) is 2. The van der Waals surface area contributed by atoms with Crippen LogP contribution in [0.25, 0.3) is 10.4 Å². The molecule has 66 valence electrons. The standard InChI is InChI=1S/C5H8N4O3/c6-8-7-3-1-9(5(11)12)2-4(3)10/h3-4,10H,1-2H2,(H,11,12). The second-order valence-corrected chi connectivity index (χ2v) is 2.53. The summed E-state index contributed by atoms with van der Waals surface area (Å²) in [5, 5.41) is 20.9. The van der Waals surface area contributed by atoms with Crippen molar-refractivity contribution in [2.75, 3.05) is 13.1 Å². The zero-order chi connectivity index (χ0) is 9.14. The van der Waals surface area contributed by atoms with E-state index in [0.29, 0.717) is 0 Å². The first-order valence-corrected chi connectivity index (χ1v) is 3.35. The first kappa shape index (κ1) is 8.63. The van der Waals surface area contributed by atoms with E-state index in [-0.39, 0.29) is 13.1 Å². The highest BCUT2D eigenvalue weighted by Gasteiger charge is 2.33. The van der Waals surface area contributed by atoms with E-state index >= 15 is 0 Å². The molecule has 0 bridgehead atoms. The third kappa shape index (κ3) is 1.58. The van der Waals surface area contributed by atoms with Gasteiger partial charge >= 0.3 is 6.09 Å². The summed E-state index contributed by atoms with van der Waals surface area (Å²) in [6, 6.07) is -0.647. The lowest BCUT2D eigenvalue weighted by molar-refractivity contribution is 0.138. The number of nitrogens with zero attached hydrogens (tertiary/aromatic N) is 4. The number of amides is 1. The van der Waals surface area contributed by atoms with Gasteiger partial charge in [0, 0.05) is 11.5 Å². The molecule has 0 saturated carbocycles. The average Bonchev–Trinajstić information content (AvgIpc) is 2.34. The summed E-state index contributed by atoms with van der Waals surface area (Å²) >= 11 is 0. The van der Waals surface area contributed by atoms with Crippen molar-refractivity contribution in [2.24, 2.45) is 5.11 Å². The number of rotatable bonds is 1. The van der Waals surface area contributed by atoms with Gasteiger partial charge in [-0.2, -0.15) is 0 Å². The van der Waals surface area contributed by atoms with Crippen molar-refractivity contribution in [3.8, 4) is 0 Å². The molecule has 1 aliphatic rings. The Morgan fingerprint density at radius 1 is 1.67 bits per heavy atom. The Balaban J connectivity index is 2.61. The molecule has 1 saturated heterocycles. The fourth-order valence-corrected chi connectivity index (χ4v) is 1.11. The van der Waals surface area contributed by atoms with Gasteiger partial charge in [-0.05, 0) is 5.53 Å². The summed E-state index contributed by atoms with van der Waals surface area (Å²) < 4.78 is 0. The van der Waals surface area contributed by atoms with Crippen LogP contribution in [-0.2, 0) is 0 Å². The minimum absolute atomic E-state index is 0.0129. The third-order valence-electron chi connectivity index (χ3n) is 1.73. The van der Waals surface area contributed by atoms with E-state index in [1.54, 1.807) is 0 Å². The van der Waals surface area contributed by atoms with Gasteiger partial charge in [-0.3, -0.25) is 0 Å². The van der Waals surface area contributed by atoms with Gasteiger partial charge in [-0.25, -0.2) is 4.79 Å². The smallest absolute Gasteiger partial charge is 0.407 e. The topological polar surface area (TPSA) is 110 Å². The summed E-state index contributed by atoms with van der Waals surface area (Å²) in [4.78, 5) is 13.9. The van der Waals surface area contributed by atoms with E-state index in [1.165, 1.54) is 0 Å². The lowest BCUT2D eigenvalue weighted by Crippen LogP contribution is -2.27. The molecule has 0 aromatic rings. The van der Waals surface area contributed by atoms with E-state index in [1.807, 2.05) is 0 Å². The van der Waals surface area contributed by atoms with Crippen LogP contribution in [0.1, 0.15) is 0 Å². The Hall–Kier alpha value is -1.46. The summed E-state index contributed by atoms with van der Waals surface area (Å²) in [6.45, 7) is 0.0829. The molecule has 1 heterocycles. The summed E-state index contributed by atoms with van der Waals surface area (Å²) in [6.07, 6.45) is -1.98. The number of hydrogen-bond acceptors (Lipinski definition) is 3. The van der Waals surface area contributed by atoms with Gasteiger partial charge in [0.05, 0.1) is 18.7 Å². The van der Waals surface area contributed by atoms with Crippen molar-refractivity contribution in [1.29, 1.82) is 0 Å². The van der Waals surface area contributed by atoms with Gasteiger partial charge in [0.1, 0.15) is 0 Å². The van der Waals surface area contributed by atoms with Crippen molar-refractivity contribution >= 4 is 6.09 Å². The molecule has 1 rings (SSSR count). The first-order valence-electron chi connectivity index (χ1n) is 3.35. The number of azide groups is 1. The maximum absolute atomic E-state index is 10.4. The van der Waals surface area contributed by atoms with Crippen molar-refractivity contribution in [3.63, 3.8) is 0 Å². The molecule has 0 spiro atoms. The molecule has 1 aliphatic heterocycles. The largest absolute Gasteiger partial charge is 0.465 e. The fraction of sp³-hybridized carbons (Fsp3) is 0.800. The average molecular weight is 172 g/mol. The number of likely N-dealkylation sites (tertiary alicyclic amines) is 1. The Bertz CT molecular complexity index is 237. The monoisotopic (exact) mass is 172 g/mol. The Kier molecular flexibility index (Phi) is 2.37. The summed E-state index contributed by atoms with van der Waals surface area (Å²) in [7, 11) is 0. The molecule has 7 nitrogen and oxygen atoms in total. The number of aliphatic hydroxyl groups is 1. The van der Waals surface area contributed by atoms with Gasteiger partial charge in [-0.15, -0.1) is 0 Å². The van der Waals surface area contributed by atoms with E-state index in [9.17, 15) is 4.79 Å². The molecule has 0 aromatic heterocycles. The van der Waals surface area contributed by atoms with Gasteiger partial charge in [0.2, 0.25) is 0 Å². The van der Waals surface area contributed by atoms with Gasteiger partial charge in [0.15, 0.2) is 0 Å². The van der Waals surface area contributed by atoms with E-state index < -0.39 is 18.2 Å². The highest BCUT2D eigenvalue weighted by Crippen LogP contribution is 2.13. The summed E-state index contributed by atoms with van der Waals surface area (Å²) in [5.41, 5.74) is 8.05. The molecule has 2 N–H and O–H groups in total. The van der Waals surface area contributed by atoms with Crippen LogP contribution in [0.5, 0.6) is 0 Å². The Morgan fingerprint density at radius 2 is 2.33 bits per heavy atom. The highest BCUT2D eigenvalue weighted by molar-refractivity contribution is 5.65. The van der Waals surface area contributed by atoms with Crippen molar-refractivity contribution < 1.29 is 15.0 Å². The molecule has 2 unspecified atom stereocenters. The fourth-order valence-electron chi connectivity index (χ4n) is 1.11. The Labute approximate surface area is 67.8 Å². The van der Waals surface area contributed by atoms with E-state index in [0.717, 1.165) is 4.90 Å². The predicted molar refractivity (Wildman–Crippen MR) is 38.5 cm³/mol. The van der Waals surface area contributed by atoms with Crippen LogP contribution in [-0.4, -0.2) is 46.4 Å². The van der Waals surface area contributed by atoms with E-state index in [4.69, 9.17) is 15.7 Å². The van der Waals surface area contributed by atoms with Crippen molar-refractivity contribution in [2.45, 2.75) is 12.1 Å². The number of β-amino-alcohol motifs (C(OH)–C–C–N with tert-alkyl or cyclic N) is 1. The van der Waals surface area contributed by atoms with Crippen LogP contribution in [0.4, 0.5) is 4.79 Å². The molecular formula is C5H8N4O3. The predicted octanol–water partition coefficient (Wildman–Crippen LogP) is 0.0198. The SMILES string of the molecule is [N-]=[N+]=NC1CN(C(=O)O)CC1O. The first-order chi connectivity index (χ1) is 5.65. The number of aliphatic hydroxyl groups excluding tert-OH is 1. The van der Waals surface area contributed by atoms with Crippen LogP contribution >= 0.6 is 0 Å². The molecule has 1 amide bonds. The second kappa shape index (κ2) is 3.29. The molecular weight excluding hydrogens is 164 g/mol. The zero-order valence-electron chi connectivity index (χ0n) is 6.16. The molecule has 2 atom stereocenters. The zero-order valence-corrected chi connectivity index (χ0v) is 6.16. The molecule has 0 aliphatic carbocycles. The van der Waals surface area contributed by atoms with Crippen LogP contribution in [0.3, 0.4) is 0 Å². The minimum atomic E-state index is -1.11. The molecule has 0 aromatic carbocycles. The minimum Gasteiger partial charge on any atom is -0.465 e. The van der Waals surface area contributed by atoms with Crippen LogP contribution in [0.15, 0.2) is 5.11 Å². The molecule has 1 fully saturated rings. The maximum atomic E-state index is 10.4. The van der Waals surface area contributed by atoms with Gasteiger partial charge in [-0.1, -0.05) is 5.11 Å².